The molecule has 2 heterocycles. The monoisotopic (exact) mass is 372 g/mol. The summed E-state index contributed by atoms with van der Waals surface area (Å²) >= 11 is 2.30. The molecule has 2 aromatic rings. The number of halogens is 1. The number of aromatic amines is 1. The van der Waals surface area contributed by atoms with Gasteiger partial charge in [-0.3, -0.25) is 0 Å². The zero-order valence-corrected chi connectivity index (χ0v) is 13.4. The fourth-order valence-electron chi connectivity index (χ4n) is 1.63. The van der Waals surface area contributed by atoms with E-state index in [0.29, 0.717) is 17.4 Å². The predicted molar refractivity (Wildman–Crippen MR) is 83.0 cm³/mol. The maximum Gasteiger partial charge on any atom is 0.184 e. The van der Waals surface area contributed by atoms with Gasteiger partial charge in [0.05, 0.1) is 15.5 Å². The zero-order valence-electron chi connectivity index (χ0n) is 11.2. The molecule has 7 heteroatoms. The Balaban J connectivity index is 2.47. The SMILES string of the molecule is CCCNc1nc(-c2cn[nH]n2)nc(C(C)C)c1I. The number of aromatic nitrogens is 5. The van der Waals surface area contributed by atoms with Crippen molar-refractivity contribution in [2.75, 3.05) is 11.9 Å². The minimum Gasteiger partial charge on any atom is -0.369 e. The summed E-state index contributed by atoms with van der Waals surface area (Å²) in [5, 5.41) is 13.8. The van der Waals surface area contributed by atoms with E-state index >= 15 is 0 Å². The molecule has 0 saturated heterocycles. The lowest BCUT2D eigenvalue weighted by Crippen LogP contribution is -2.10. The molecule has 0 atom stereocenters. The van der Waals surface area contributed by atoms with Gasteiger partial charge < -0.3 is 5.32 Å². The van der Waals surface area contributed by atoms with E-state index in [4.69, 9.17) is 0 Å². The Morgan fingerprint density at radius 1 is 1.37 bits per heavy atom. The van der Waals surface area contributed by atoms with Gasteiger partial charge in [0, 0.05) is 6.54 Å². The first-order chi connectivity index (χ1) is 9.13. The van der Waals surface area contributed by atoms with Gasteiger partial charge >= 0.3 is 0 Å². The topological polar surface area (TPSA) is 79.4 Å². The quantitative estimate of drug-likeness (QED) is 0.790. The molecule has 0 aromatic carbocycles. The molecule has 0 aliphatic rings. The van der Waals surface area contributed by atoms with Crippen molar-refractivity contribution in [3.63, 3.8) is 0 Å². The lowest BCUT2D eigenvalue weighted by Gasteiger charge is -2.13. The molecule has 0 aliphatic heterocycles. The highest BCUT2D eigenvalue weighted by Gasteiger charge is 2.16. The minimum absolute atomic E-state index is 0.336. The number of hydrogen-bond acceptors (Lipinski definition) is 5. The van der Waals surface area contributed by atoms with E-state index in [1.54, 1.807) is 6.20 Å². The molecule has 102 valence electrons. The highest BCUT2D eigenvalue weighted by atomic mass is 127. The van der Waals surface area contributed by atoms with E-state index in [2.05, 4.69) is 74.1 Å². The number of anilines is 1. The highest BCUT2D eigenvalue weighted by Crippen LogP contribution is 2.27. The zero-order chi connectivity index (χ0) is 13.8. The smallest absolute Gasteiger partial charge is 0.184 e. The lowest BCUT2D eigenvalue weighted by molar-refractivity contribution is 0.805. The second-order valence-electron chi connectivity index (χ2n) is 4.53. The molecule has 0 amide bonds. The van der Waals surface area contributed by atoms with Gasteiger partial charge in [0.1, 0.15) is 11.5 Å². The number of nitrogens with zero attached hydrogens (tertiary/aromatic N) is 4. The molecule has 2 N–H and O–H groups in total. The second kappa shape index (κ2) is 6.27. The van der Waals surface area contributed by atoms with E-state index in [-0.39, 0.29) is 0 Å². The molecule has 0 saturated carbocycles. The number of hydrogen-bond donors (Lipinski definition) is 2. The van der Waals surface area contributed by atoms with Crippen molar-refractivity contribution in [2.45, 2.75) is 33.1 Å². The first-order valence-corrected chi connectivity index (χ1v) is 7.38. The van der Waals surface area contributed by atoms with Crippen LogP contribution in [0.1, 0.15) is 38.8 Å². The average Bonchev–Trinajstić information content (AvgIpc) is 2.91. The van der Waals surface area contributed by atoms with E-state index in [1.165, 1.54) is 0 Å². The van der Waals surface area contributed by atoms with Crippen molar-refractivity contribution < 1.29 is 0 Å². The van der Waals surface area contributed by atoms with Crippen LogP contribution in [0.15, 0.2) is 6.20 Å². The van der Waals surface area contributed by atoms with Crippen molar-refractivity contribution in [1.82, 2.24) is 25.4 Å². The summed E-state index contributed by atoms with van der Waals surface area (Å²) in [5.74, 6) is 1.82. The fraction of sp³-hybridized carbons (Fsp3) is 0.500. The van der Waals surface area contributed by atoms with Gasteiger partial charge in [-0.25, -0.2) is 9.97 Å². The van der Waals surface area contributed by atoms with Crippen LogP contribution < -0.4 is 5.32 Å². The predicted octanol–water partition coefficient (Wildman–Crippen LogP) is 2.81. The molecule has 0 radical (unpaired) electrons. The number of nitrogens with one attached hydrogen (secondary N) is 2. The maximum absolute atomic E-state index is 4.60. The largest absolute Gasteiger partial charge is 0.369 e. The molecule has 0 unspecified atom stereocenters. The molecule has 0 fully saturated rings. The highest BCUT2D eigenvalue weighted by molar-refractivity contribution is 14.1. The number of H-pyrrole nitrogens is 1. The molecule has 0 spiro atoms. The third kappa shape index (κ3) is 3.20. The Morgan fingerprint density at radius 2 is 2.16 bits per heavy atom. The third-order valence-electron chi connectivity index (χ3n) is 2.61. The normalized spacial score (nSPS) is 11.0. The Bertz CT molecular complexity index is 537. The summed E-state index contributed by atoms with van der Waals surface area (Å²) in [7, 11) is 0. The molecule has 2 rings (SSSR count). The van der Waals surface area contributed by atoms with Crippen LogP contribution in [0.3, 0.4) is 0 Å². The van der Waals surface area contributed by atoms with Crippen LogP contribution in [0.25, 0.3) is 11.5 Å². The second-order valence-corrected chi connectivity index (χ2v) is 5.61. The van der Waals surface area contributed by atoms with Gasteiger partial charge in [-0.05, 0) is 34.9 Å². The Morgan fingerprint density at radius 3 is 2.74 bits per heavy atom. The molecular weight excluding hydrogens is 355 g/mol. The minimum atomic E-state index is 0.336. The van der Waals surface area contributed by atoms with Crippen LogP contribution >= 0.6 is 22.6 Å². The summed E-state index contributed by atoms with van der Waals surface area (Å²) in [4.78, 5) is 9.14. The van der Waals surface area contributed by atoms with Crippen molar-refractivity contribution in [3.8, 4) is 11.5 Å². The Labute approximate surface area is 126 Å². The standard InChI is InChI=1S/C12H17IN6/c1-4-5-14-12-9(13)10(7(2)3)16-11(17-12)8-6-15-19-18-8/h6-7H,4-5H2,1-3H3,(H,14,16,17)(H,15,18,19). The maximum atomic E-state index is 4.60. The molecule has 0 aliphatic carbocycles. The van der Waals surface area contributed by atoms with Crippen molar-refractivity contribution in [3.05, 3.63) is 15.5 Å². The average molecular weight is 372 g/mol. The molecule has 0 bridgehead atoms. The molecular formula is C12H17IN6. The molecule has 19 heavy (non-hydrogen) atoms. The van der Waals surface area contributed by atoms with E-state index in [9.17, 15) is 0 Å². The third-order valence-corrected chi connectivity index (χ3v) is 3.67. The van der Waals surface area contributed by atoms with Gasteiger partial charge in [-0.2, -0.15) is 15.4 Å². The first kappa shape index (κ1) is 14.2. The van der Waals surface area contributed by atoms with Crippen LogP contribution in [0, 0.1) is 3.57 Å². The van der Waals surface area contributed by atoms with Gasteiger partial charge in [0.15, 0.2) is 5.82 Å². The summed E-state index contributed by atoms with van der Waals surface area (Å²) in [6, 6.07) is 0. The summed E-state index contributed by atoms with van der Waals surface area (Å²) in [5.41, 5.74) is 1.70. The van der Waals surface area contributed by atoms with Gasteiger partial charge in [0.25, 0.3) is 0 Å². The lowest BCUT2D eigenvalue weighted by atomic mass is 10.1. The summed E-state index contributed by atoms with van der Waals surface area (Å²) in [6.07, 6.45) is 2.69. The fourth-order valence-corrected chi connectivity index (χ4v) is 2.69. The van der Waals surface area contributed by atoms with Crippen LogP contribution in [0.4, 0.5) is 5.82 Å². The van der Waals surface area contributed by atoms with Crippen LogP contribution in [0.5, 0.6) is 0 Å². The summed E-state index contributed by atoms with van der Waals surface area (Å²) < 4.78 is 1.08. The first-order valence-electron chi connectivity index (χ1n) is 6.31. The van der Waals surface area contributed by atoms with Crippen LogP contribution in [-0.4, -0.2) is 31.9 Å². The van der Waals surface area contributed by atoms with E-state index in [0.717, 1.165) is 28.0 Å². The Kier molecular flexibility index (Phi) is 4.67. The van der Waals surface area contributed by atoms with Crippen molar-refractivity contribution in [1.29, 1.82) is 0 Å². The van der Waals surface area contributed by atoms with Crippen molar-refractivity contribution >= 4 is 28.4 Å². The number of rotatable bonds is 5. The molecule has 6 nitrogen and oxygen atoms in total. The van der Waals surface area contributed by atoms with E-state index < -0.39 is 0 Å². The van der Waals surface area contributed by atoms with Gasteiger partial charge in [-0.15, -0.1) is 0 Å². The van der Waals surface area contributed by atoms with E-state index in [1.807, 2.05) is 0 Å². The molecule has 2 aromatic heterocycles. The van der Waals surface area contributed by atoms with Gasteiger partial charge in [-0.1, -0.05) is 20.8 Å². The van der Waals surface area contributed by atoms with Crippen LogP contribution in [-0.2, 0) is 0 Å². The van der Waals surface area contributed by atoms with Crippen LogP contribution in [0.2, 0.25) is 0 Å². The van der Waals surface area contributed by atoms with Crippen molar-refractivity contribution in [2.24, 2.45) is 0 Å². The van der Waals surface area contributed by atoms with Gasteiger partial charge in [0.2, 0.25) is 0 Å². The summed E-state index contributed by atoms with van der Waals surface area (Å²) in [6.45, 7) is 7.27. The Hall–Kier alpha value is -1.25.